The fourth-order valence-electron chi connectivity index (χ4n) is 1.75. The van der Waals surface area contributed by atoms with Crippen molar-refractivity contribution < 1.29 is 8.42 Å². The van der Waals surface area contributed by atoms with Crippen molar-refractivity contribution in [2.75, 3.05) is 6.54 Å². The maximum Gasteiger partial charge on any atom is 0.257 e. The van der Waals surface area contributed by atoms with Crippen molar-refractivity contribution >= 4 is 21.6 Å². The lowest BCUT2D eigenvalue weighted by Gasteiger charge is -2.30. The van der Waals surface area contributed by atoms with E-state index in [4.69, 9.17) is 11.6 Å². The second-order valence-corrected chi connectivity index (χ2v) is 6.41. The van der Waals surface area contributed by atoms with Gasteiger partial charge in [0.15, 0.2) is 5.03 Å². The van der Waals surface area contributed by atoms with Gasteiger partial charge in [0.05, 0.1) is 6.20 Å². The highest BCUT2D eigenvalue weighted by Crippen LogP contribution is 2.31. The Balaban J connectivity index is 1.96. The van der Waals surface area contributed by atoms with Crippen LogP contribution in [0, 0.1) is 5.92 Å². The predicted octanol–water partition coefficient (Wildman–Crippen LogP) is 0.716. The van der Waals surface area contributed by atoms with Crippen molar-refractivity contribution in [1.29, 1.82) is 0 Å². The molecule has 7 heteroatoms. The Kier molecular flexibility index (Phi) is 3.23. The molecule has 1 N–H and O–H groups in total. The molecular formula is C9H14ClN3O2S. The average molecular weight is 264 g/mol. The first kappa shape index (κ1) is 11.9. The summed E-state index contributed by atoms with van der Waals surface area (Å²) in [5.41, 5.74) is 0. The summed E-state index contributed by atoms with van der Waals surface area (Å²) in [4.78, 5) is 0. The summed E-state index contributed by atoms with van der Waals surface area (Å²) >= 11 is 5.83. The largest absolute Gasteiger partial charge is 0.257 e. The minimum absolute atomic E-state index is 0.189. The highest BCUT2D eigenvalue weighted by molar-refractivity contribution is 7.89. The predicted molar refractivity (Wildman–Crippen MR) is 60.8 cm³/mol. The molecule has 0 unspecified atom stereocenters. The van der Waals surface area contributed by atoms with Crippen LogP contribution in [0.1, 0.15) is 12.8 Å². The van der Waals surface area contributed by atoms with Crippen LogP contribution in [0.4, 0.5) is 0 Å². The van der Waals surface area contributed by atoms with E-state index in [1.54, 1.807) is 7.05 Å². The number of hydrogen-bond donors (Lipinski definition) is 1. The molecule has 0 aromatic carbocycles. The van der Waals surface area contributed by atoms with Crippen LogP contribution < -0.4 is 4.72 Å². The molecule has 1 aromatic heterocycles. The summed E-state index contributed by atoms with van der Waals surface area (Å²) in [6, 6.07) is 1.48. The lowest BCUT2D eigenvalue weighted by molar-refractivity contribution is 0.323. The third kappa shape index (κ3) is 2.39. The summed E-state index contributed by atoms with van der Waals surface area (Å²) in [7, 11) is -1.83. The molecule has 1 aromatic rings. The molecule has 0 bridgehead atoms. The molecule has 1 heterocycles. The first-order valence-corrected chi connectivity index (χ1v) is 7.03. The van der Waals surface area contributed by atoms with E-state index in [1.807, 2.05) is 0 Å². The second kappa shape index (κ2) is 4.35. The lowest BCUT2D eigenvalue weighted by atomic mass is 9.85. The fraction of sp³-hybridized carbons (Fsp3) is 0.667. The van der Waals surface area contributed by atoms with Gasteiger partial charge < -0.3 is 0 Å². The third-order valence-corrected chi connectivity index (χ3v) is 4.65. The van der Waals surface area contributed by atoms with Gasteiger partial charge in [0.2, 0.25) is 0 Å². The number of aromatic nitrogens is 2. The van der Waals surface area contributed by atoms with Crippen LogP contribution in [-0.2, 0) is 17.1 Å². The van der Waals surface area contributed by atoms with E-state index in [1.165, 1.54) is 16.9 Å². The van der Waals surface area contributed by atoms with Crippen LogP contribution in [0.25, 0.3) is 0 Å². The minimum atomic E-state index is -3.43. The molecule has 0 spiro atoms. The van der Waals surface area contributed by atoms with Gasteiger partial charge in [-0.2, -0.15) is 5.10 Å². The molecule has 16 heavy (non-hydrogen) atoms. The fourth-order valence-corrected chi connectivity index (χ4v) is 3.49. The van der Waals surface area contributed by atoms with Crippen LogP contribution in [0.5, 0.6) is 0 Å². The Labute approximate surface area is 99.8 Å². The normalized spacial score (nSPS) is 25.4. The number of alkyl halides is 1. The van der Waals surface area contributed by atoms with Gasteiger partial charge >= 0.3 is 0 Å². The molecule has 1 saturated carbocycles. The first-order chi connectivity index (χ1) is 7.49. The Bertz CT molecular complexity index is 465. The highest BCUT2D eigenvalue weighted by Gasteiger charge is 2.29. The van der Waals surface area contributed by atoms with Gasteiger partial charge in [-0.3, -0.25) is 4.68 Å². The first-order valence-electron chi connectivity index (χ1n) is 5.11. The standard InChI is InChI=1S/C9H14ClN3O2S/c1-13-9(2-3-11-13)16(14,15)12-6-7-4-8(10)5-7/h2-3,7-8,12H,4-6H2,1H3. The average Bonchev–Trinajstić information content (AvgIpc) is 2.58. The van der Waals surface area contributed by atoms with Crippen molar-refractivity contribution in [3.8, 4) is 0 Å². The summed E-state index contributed by atoms with van der Waals surface area (Å²) in [6.07, 6.45) is 3.23. The van der Waals surface area contributed by atoms with E-state index in [0.29, 0.717) is 12.5 Å². The number of hydrogen-bond acceptors (Lipinski definition) is 3. The summed E-state index contributed by atoms with van der Waals surface area (Å²) in [6.45, 7) is 0.455. The van der Waals surface area contributed by atoms with E-state index < -0.39 is 10.0 Å². The van der Waals surface area contributed by atoms with Gasteiger partial charge in [-0.1, -0.05) is 0 Å². The molecule has 1 aliphatic carbocycles. The molecule has 2 rings (SSSR count). The van der Waals surface area contributed by atoms with E-state index >= 15 is 0 Å². The van der Waals surface area contributed by atoms with Crippen molar-refractivity contribution in [3.63, 3.8) is 0 Å². The highest BCUT2D eigenvalue weighted by atomic mass is 35.5. The van der Waals surface area contributed by atoms with Crippen molar-refractivity contribution in [2.45, 2.75) is 23.2 Å². The van der Waals surface area contributed by atoms with E-state index in [0.717, 1.165) is 12.8 Å². The van der Waals surface area contributed by atoms with Gasteiger partial charge in [0.25, 0.3) is 10.0 Å². The molecule has 1 aliphatic rings. The molecule has 0 radical (unpaired) electrons. The lowest BCUT2D eigenvalue weighted by Crippen LogP contribution is -2.37. The SMILES string of the molecule is Cn1nccc1S(=O)(=O)NCC1CC(Cl)C1. The van der Waals surface area contributed by atoms with Gasteiger partial charge in [-0.25, -0.2) is 13.1 Å². The monoisotopic (exact) mass is 263 g/mol. The van der Waals surface area contributed by atoms with Gasteiger partial charge in [-0.15, -0.1) is 11.6 Å². The quantitative estimate of drug-likeness (QED) is 0.814. The molecule has 5 nitrogen and oxygen atoms in total. The maximum absolute atomic E-state index is 11.8. The topological polar surface area (TPSA) is 64.0 Å². The molecular weight excluding hydrogens is 250 g/mol. The third-order valence-electron chi connectivity index (χ3n) is 2.79. The number of halogens is 1. The zero-order valence-electron chi connectivity index (χ0n) is 8.93. The van der Waals surface area contributed by atoms with Crippen LogP contribution in [0.2, 0.25) is 0 Å². The summed E-state index contributed by atoms with van der Waals surface area (Å²) in [5.74, 6) is 0.366. The van der Waals surface area contributed by atoms with Crippen LogP contribution >= 0.6 is 11.6 Å². The van der Waals surface area contributed by atoms with Gasteiger partial charge in [-0.05, 0) is 24.8 Å². The van der Waals surface area contributed by atoms with E-state index in [-0.39, 0.29) is 10.4 Å². The molecule has 0 aliphatic heterocycles. The number of nitrogens with zero attached hydrogens (tertiary/aromatic N) is 2. The summed E-state index contributed by atoms with van der Waals surface area (Å²) < 4.78 is 27.6. The number of rotatable bonds is 4. The van der Waals surface area contributed by atoms with Gasteiger partial charge in [0, 0.05) is 19.0 Å². The number of sulfonamides is 1. The minimum Gasteiger partial charge on any atom is -0.256 e. The maximum atomic E-state index is 11.8. The van der Waals surface area contributed by atoms with Crippen molar-refractivity contribution in [1.82, 2.24) is 14.5 Å². The Hall–Kier alpha value is -0.590. The molecule has 0 amide bonds. The zero-order chi connectivity index (χ0) is 11.8. The van der Waals surface area contributed by atoms with Crippen molar-refractivity contribution in [3.05, 3.63) is 12.3 Å². The Morgan fingerprint density at radius 3 is 2.81 bits per heavy atom. The molecule has 1 fully saturated rings. The van der Waals surface area contributed by atoms with Crippen molar-refractivity contribution in [2.24, 2.45) is 13.0 Å². The number of aryl methyl sites for hydroxylation is 1. The van der Waals surface area contributed by atoms with E-state index in [9.17, 15) is 8.42 Å². The molecule has 0 saturated heterocycles. The van der Waals surface area contributed by atoms with Crippen LogP contribution in [0.15, 0.2) is 17.3 Å². The Morgan fingerprint density at radius 1 is 1.62 bits per heavy atom. The second-order valence-electron chi connectivity index (χ2n) is 4.08. The summed E-state index contributed by atoms with van der Waals surface area (Å²) in [5, 5.41) is 4.24. The molecule has 0 atom stereocenters. The zero-order valence-corrected chi connectivity index (χ0v) is 10.5. The molecule has 90 valence electrons. The smallest absolute Gasteiger partial charge is 0.256 e. The van der Waals surface area contributed by atoms with Gasteiger partial charge in [0.1, 0.15) is 0 Å². The van der Waals surface area contributed by atoms with Crippen LogP contribution in [-0.4, -0.2) is 30.1 Å². The number of nitrogens with one attached hydrogen (secondary N) is 1. The van der Waals surface area contributed by atoms with Crippen LogP contribution in [0.3, 0.4) is 0 Å². The Morgan fingerprint density at radius 2 is 2.31 bits per heavy atom. The van der Waals surface area contributed by atoms with E-state index in [2.05, 4.69) is 9.82 Å².